The van der Waals surface area contributed by atoms with Crippen LogP contribution >= 0.6 is 0 Å². The molecular formula is C23H24N4O4. The van der Waals surface area contributed by atoms with E-state index >= 15 is 0 Å². The van der Waals surface area contributed by atoms with Crippen LogP contribution in [-0.2, 0) is 33.8 Å². The van der Waals surface area contributed by atoms with E-state index in [4.69, 9.17) is 9.47 Å². The number of rotatable bonds is 4. The largest absolute Gasteiger partial charge is 0.497 e. The molecule has 1 spiro atoms. The second-order valence-electron chi connectivity index (χ2n) is 8.83. The molecule has 160 valence electrons. The lowest BCUT2D eigenvalue weighted by Gasteiger charge is -2.32. The second kappa shape index (κ2) is 6.68. The number of H-pyrrole nitrogens is 1. The molecule has 1 N–H and O–H groups in total. The van der Waals surface area contributed by atoms with Crippen LogP contribution in [-0.4, -0.2) is 63.7 Å². The molecular weight excluding hydrogens is 396 g/mol. The molecule has 8 heteroatoms. The first kappa shape index (κ1) is 18.6. The third kappa shape index (κ3) is 2.74. The molecule has 31 heavy (non-hydrogen) atoms. The first-order valence-corrected chi connectivity index (χ1v) is 10.7. The van der Waals surface area contributed by atoms with Crippen molar-refractivity contribution in [2.45, 2.75) is 31.2 Å². The van der Waals surface area contributed by atoms with Crippen molar-refractivity contribution >= 4 is 11.8 Å². The van der Waals surface area contributed by atoms with Gasteiger partial charge >= 0.3 is 0 Å². The van der Waals surface area contributed by atoms with Gasteiger partial charge < -0.3 is 19.3 Å². The Morgan fingerprint density at radius 2 is 2.32 bits per heavy atom. The lowest BCUT2D eigenvalue weighted by molar-refractivity contribution is -0.144. The lowest BCUT2D eigenvalue weighted by Crippen LogP contribution is -2.47. The van der Waals surface area contributed by atoms with E-state index in [9.17, 15) is 9.59 Å². The van der Waals surface area contributed by atoms with E-state index in [1.807, 2.05) is 46.2 Å². The second-order valence-corrected chi connectivity index (χ2v) is 8.83. The van der Waals surface area contributed by atoms with Crippen LogP contribution in [0.5, 0.6) is 5.75 Å². The molecule has 4 aliphatic rings. The smallest absolute Gasteiger partial charge is 0.230 e. The zero-order valence-electron chi connectivity index (χ0n) is 17.3. The highest BCUT2D eigenvalue weighted by atomic mass is 16.5. The van der Waals surface area contributed by atoms with Gasteiger partial charge in [0.15, 0.2) is 0 Å². The molecule has 0 unspecified atom stereocenters. The van der Waals surface area contributed by atoms with Crippen molar-refractivity contribution in [1.29, 1.82) is 0 Å². The van der Waals surface area contributed by atoms with Crippen molar-refractivity contribution in [1.82, 2.24) is 20.0 Å². The number of likely N-dealkylation sites (tertiary alicyclic amines) is 1. The van der Waals surface area contributed by atoms with Gasteiger partial charge in [0.1, 0.15) is 11.4 Å². The minimum atomic E-state index is -0.697. The fourth-order valence-corrected chi connectivity index (χ4v) is 5.61. The molecule has 0 aliphatic carbocycles. The number of carbonyl (C=O) groups excluding carboxylic acids is 2. The van der Waals surface area contributed by atoms with E-state index in [0.717, 1.165) is 29.0 Å². The van der Waals surface area contributed by atoms with Gasteiger partial charge in [-0.2, -0.15) is 5.10 Å². The number of carbonyl (C=O) groups is 2. The van der Waals surface area contributed by atoms with Crippen LogP contribution in [0.3, 0.4) is 0 Å². The summed E-state index contributed by atoms with van der Waals surface area (Å²) in [5.74, 6) is -0.178. The van der Waals surface area contributed by atoms with Crippen LogP contribution in [0.2, 0.25) is 0 Å². The zero-order valence-corrected chi connectivity index (χ0v) is 17.3. The Labute approximate surface area is 179 Å². The average molecular weight is 420 g/mol. The summed E-state index contributed by atoms with van der Waals surface area (Å²) >= 11 is 0. The van der Waals surface area contributed by atoms with E-state index in [-0.39, 0.29) is 17.9 Å². The molecule has 2 aromatic rings. The van der Waals surface area contributed by atoms with Crippen molar-refractivity contribution in [3.05, 3.63) is 59.4 Å². The summed E-state index contributed by atoms with van der Waals surface area (Å²) in [6, 6.07) is 7.72. The van der Waals surface area contributed by atoms with Gasteiger partial charge in [-0.25, -0.2) is 0 Å². The monoisotopic (exact) mass is 420 g/mol. The molecule has 8 nitrogen and oxygen atoms in total. The van der Waals surface area contributed by atoms with E-state index in [2.05, 4.69) is 10.2 Å². The molecule has 4 aliphatic heterocycles. The molecule has 5 heterocycles. The Morgan fingerprint density at radius 3 is 3.19 bits per heavy atom. The maximum Gasteiger partial charge on any atom is 0.230 e. The van der Waals surface area contributed by atoms with Crippen molar-refractivity contribution in [2.24, 2.45) is 11.8 Å². The topological polar surface area (TPSA) is 87.8 Å². The zero-order chi connectivity index (χ0) is 21.2. The maximum absolute atomic E-state index is 13.5. The number of methoxy groups -OCH3 is 1. The van der Waals surface area contributed by atoms with E-state index < -0.39 is 17.4 Å². The molecule has 0 saturated carbocycles. The number of ether oxygens (including phenoxy) is 2. The highest BCUT2D eigenvalue weighted by molar-refractivity contribution is 5.93. The minimum absolute atomic E-state index is 0.00431. The van der Waals surface area contributed by atoms with Crippen LogP contribution in [0.25, 0.3) is 0 Å². The predicted molar refractivity (Wildman–Crippen MR) is 110 cm³/mol. The number of aromatic amines is 1. The average Bonchev–Trinajstić information content (AvgIpc) is 3.54. The van der Waals surface area contributed by atoms with Gasteiger partial charge in [-0.15, -0.1) is 0 Å². The Hall–Kier alpha value is -3.13. The van der Waals surface area contributed by atoms with Crippen LogP contribution in [0, 0.1) is 11.8 Å². The number of fused-ring (bicyclic) bond motifs is 2. The molecule has 6 rings (SSSR count). The van der Waals surface area contributed by atoms with Gasteiger partial charge in [0.25, 0.3) is 0 Å². The van der Waals surface area contributed by atoms with Gasteiger partial charge in [0.2, 0.25) is 11.8 Å². The molecule has 0 radical (unpaired) electrons. The summed E-state index contributed by atoms with van der Waals surface area (Å²) in [5.41, 5.74) is 2.43. The van der Waals surface area contributed by atoms with Crippen molar-refractivity contribution in [3.8, 4) is 5.75 Å². The van der Waals surface area contributed by atoms with Gasteiger partial charge in [-0.3, -0.25) is 14.7 Å². The number of nitrogens with one attached hydrogen (secondary N) is 1. The van der Waals surface area contributed by atoms with E-state index in [0.29, 0.717) is 26.2 Å². The molecule has 2 bridgehead atoms. The first-order chi connectivity index (χ1) is 15.1. The third-order valence-electron chi connectivity index (χ3n) is 7.08. The van der Waals surface area contributed by atoms with Crippen molar-refractivity contribution in [3.63, 3.8) is 0 Å². The lowest BCUT2D eigenvalue weighted by atomic mass is 9.76. The Bertz CT molecular complexity index is 1090. The fourth-order valence-electron chi connectivity index (χ4n) is 5.61. The molecule has 2 saturated heterocycles. The molecule has 4 atom stereocenters. The summed E-state index contributed by atoms with van der Waals surface area (Å²) in [7, 11) is 1.63. The molecule has 1 aromatic heterocycles. The minimum Gasteiger partial charge on any atom is -0.497 e. The predicted octanol–water partition coefficient (Wildman–Crippen LogP) is 1.29. The maximum atomic E-state index is 13.5. The summed E-state index contributed by atoms with van der Waals surface area (Å²) < 4.78 is 11.6. The van der Waals surface area contributed by atoms with Crippen LogP contribution in [0.15, 0.2) is 42.6 Å². The molecule has 1 aromatic carbocycles. The van der Waals surface area contributed by atoms with Crippen molar-refractivity contribution in [2.75, 3.05) is 20.2 Å². The van der Waals surface area contributed by atoms with Gasteiger partial charge in [-0.1, -0.05) is 24.3 Å². The van der Waals surface area contributed by atoms with Crippen LogP contribution in [0.4, 0.5) is 0 Å². The Balaban J connectivity index is 1.24. The van der Waals surface area contributed by atoms with Gasteiger partial charge in [-0.05, 0) is 17.7 Å². The molecule has 2 amide bonds. The SMILES string of the molecule is COc1cccc(CN2C[C@]34C=C[C@H](O3)[C@@H](C(=O)N3CCc5[nH]ncc5C3)[C@@H]4C2=O)c1. The molecule has 2 fully saturated rings. The number of aromatic nitrogens is 2. The van der Waals surface area contributed by atoms with E-state index in [1.165, 1.54) is 0 Å². The van der Waals surface area contributed by atoms with Crippen molar-refractivity contribution < 1.29 is 19.1 Å². The number of hydrogen-bond donors (Lipinski definition) is 1. The Kier molecular flexibility index (Phi) is 4.02. The normalized spacial score (nSPS) is 30.6. The van der Waals surface area contributed by atoms with Crippen LogP contribution in [0.1, 0.15) is 16.8 Å². The fraction of sp³-hybridized carbons (Fsp3) is 0.435. The number of benzene rings is 1. The van der Waals surface area contributed by atoms with Gasteiger partial charge in [0, 0.05) is 37.3 Å². The van der Waals surface area contributed by atoms with Gasteiger partial charge in [0.05, 0.1) is 37.8 Å². The highest BCUT2D eigenvalue weighted by Gasteiger charge is 2.67. The van der Waals surface area contributed by atoms with E-state index in [1.54, 1.807) is 13.3 Å². The summed E-state index contributed by atoms with van der Waals surface area (Å²) in [6.07, 6.45) is 6.17. The van der Waals surface area contributed by atoms with Crippen LogP contribution < -0.4 is 4.74 Å². The summed E-state index contributed by atoms with van der Waals surface area (Å²) in [5, 5.41) is 7.09. The summed E-state index contributed by atoms with van der Waals surface area (Å²) in [4.78, 5) is 30.7. The number of amides is 2. The quantitative estimate of drug-likeness (QED) is 0.753. The summed E-state index contributed by atoms with van der Waals surface area (Å²) in [6.45, 7) is 2.09. The third-order valence-corrected chi connectivity index (χ3v) is 7.08. The number of hydrogen-bond acceptors (Lipinski definition) is 5. The number of nitrogens with zero attached hydrogens (tertiary/aromatic N) is 3. The highest BCUT2D eigenvalue weighted by Crippen LogP contribution is 2.52. The first-order valence-electron chi connectivity index (χ1n) is 10.7. The Morgan fingerprint density at radius 1 is 1.42 bits per heavy atom. The standard InChI is InChI=1S/C23H24N4O4/c1-30-16-4-2-3-14(9-16)11-27-13-23-7-5-18(31-23)19(20(23)22(27)29)21(28)26-8-6-17-15(12-26)10-24-25-17/h2-5,7,9-10,18-20H,6,8,11-13H2,1H3,(H,24,25)/t18-,19+,20+,23-/m0/s1.